The van der Waals surface area contributed by atoms with Crippen molar-refractivity contribution >= 4 is 183 Å². The van der Waals surface area contributed by atoms with Crippen LogP contribution in [-0.2, 0) is 60.2 Å². The van der Waals surface area contributed by atoms with Crippen molar-refractivity contribution in [3.05, 3.63) is 93.5 Å². The van der Waals surface area contributed by atoms with Gasteiger partial charge in [-0.2, -0.15) is 52.5 Å². The number of nitrogens with zero attached hydrogens (tertiary/aromatic N) is 11. The zero-order valence-electron chi connectivity index (χ0n) is 47.7. The number of nitrogens with one attached hydrogen (secondary N) is 2. The molecule has 2 aromatic heterocycles. The van der Waals surface area contributed by atoms with Gasteiger partial charge in [0.15, 0.2) is 11.3 Å². The van der Waals surface area contributed by atoms with Crippen LogP contribution in [0.1, 0.15) is 49.8 Å². The highest BCUT2D eigenvalue weighted by molar-refractivity contribution is 7.99. The van der Waals surface area contributed by atoms with E-state index in [0.29, 0.717) is 5.56 Å². The lowest BCUT2D eigenvalue weighted by Gasteiger charge is -2.13. The first-order valence-electron chi connectivity index (χ1n) is 25.9. The van der Waals surface area contributed by atoms with Crippen LogP contribution in [0.25, 0.3) is 16.7 Å². The lowest BCUT2D eigenvalue weighted by Crippen LogP contribution is -2.08. The van der Waals surface area contributed by atoms with Crippen molar-refractivity contribution < 1.29 is 84.3 Å². The topological polar surface area (TPSA) is 499 Å². The molecule has 8 N–H and O–H groups in total. The molecule has 7 rings (SSSR count). The molecule has 0 aliphatic rings. The summed E-state index contributed by atoms with van der Waals surface area (Å²) in [5.41, 5.74) is -0.538. The van der Waals surface area contributed by atoms with Gasteiger partial charge in [0.2, 0.25) is 17.7 Å². The van der Waals surface area contributed by atoms with Crippen molar-refractivity contribution in [3.8, 4) is 17.7 Å². The Kier molecular flexibility index (Phi) is 23.0. The molecule has 0 atom stereocenters. The maximum absolute atomic E-state index is 12.8. The van der Waals surface area contributed by atoms with Crippen molar-refractivity contribution in [1.29, 1.82) is 5.26 Å². The average molecular weight is 1440 g/mol. The number of hydrogen-bond acceptors (Lipinski definition) is 26. The van der Waals surface area contributed by atoms with Crippen LogP contribution in [0, 0.1) is 25.2 Å². The number of benzene rings is 5. The lowest BCUT2D eigenvalue weighted by atomic mass is 10.1. The van der Waals surface area contributed by atoms with Crippen molar-refractivity contribution in [2.75, 3.05) is 46.0 Å². The minimum Gasteiger partial charge on any atom is -0.493 e. The number of rotatable bonds is 27. The van der Waals surface area contributed by atoms with Gasteiger partial charge in [-0.25, -0.2) is 4.98 Å². The smallest absolute Gasteiger partial charge is 0.296 e. The van der Waals surface area contributed by atoms with Crippen molar-refractivity contribution in [1.82, 2.24) is 9.38 Å². The van der Waals surface area contributed by atoms with Gasteiger partial charge >= 0.3 is 0 Å². The summed E-state index contributed by atoms with van der Waals surface area (Å²) < 4.78 is 173. The van der Waals surface area contributed by atoms with E-state index in [2.05, 4.69) is 56.5 Å². The van der Waals surface area contributed by atoms with E-state index in [1.165, 1.54) is 56.3 Å². The first-order chi connectivity index (χ1) is 42.9. The molecule has 0 spiro atoms. The molecular formula is C51H49Cl2N13O19S7. The van der Waals surface area contributed by atoms with Gasteiger partial charge in [-0.1, -0.05) is 23.2 Å². The third kappa shape index (κ3) is 19.4. The van der Waals surface area contributed by atoms with E-state index >= 15 is 0 Å². The van der Waals surface area contributed by atoms with E-state index in [-0.39, 0.29) is 143 Å². The van der Waals surface area contributed by atoms with Crippen molar-refractivity contribution in [3.63, 3.8) is 0 Å². The fourth-order valence-electron chi connectivity index (χ4n) is 8.12. The number of pyridine rings is 1. The zero-order valence-corrected chi connectivity index (χ0v) is 55.0. The van der Waals surface area contributed by atoms with Crippen LogP contribution in [0.2, 0.25) is 10.0 Å². The number of anilines is 2. The lowest BCUT2D eigenvalue weighted by molar-refractivity contribution is -0.115. The van der Waals surface area contributed by atoms with E-state index in [9.17, 15) is 84.8 Å². The van der Waals surface area contributed by atoms with Crippen molar-refractivity contribution in [2.24, 2.45) is 40.9 Å². The fourth-order valence-corrected chi connectivity index (χ4v) is 13.7. The Hall–Kier alpha value is -7.69. The van der Waals surface area contributed by atoms with Gasteiger partial charge in [0.25, 0.3) is 50.6 Å². The van der Waals surface area contributed by atoms with Gasteiger partial charge in [-0.15, -0.1) is 59.3 Å². The third-order valence-electron chi connectivity index (χ3n) is 12.2. The summed E-state index contributed by atoms with van der Waals surface area (Å²) in [6, 6.07) is 15.3. The van der Waals surface area contributed by atoms with Gasteiger partial charge in [-0.3, -0.25) is 36.8 Å². The normalized spacial score (nSPS) is 12.7. The molecule has 41 heteroatoms. The van der Waals surface area contributed by atoms with E-state index in [1.54, 1.807) is 6.92 Å². The summed E-state index contributed by atoms with van der Waals surface area (Å²) >= 11 is 14.3. The molecule has 488 valence electrons. The highest BCUT2D eigenvalue weighted by Crippen LogP contribution is 2.46. The summed E-state index contributed by atoms with van der Waals surface area (Å²) in [5.74, 6) is -3.94. The largest absolute Gasteiger partial charge is 0.493 e. The maximum atomic E-state index is 12.8. The number of ether oxygens (including phenoxy) is 1. The van der Waals surface area contributed by atoms with Gasteiger partial charge in [0.1, 0.15) is 56.4 Å². The molecule has 0 unspecified atom stereocenters. The third-order valence-corrected chi connectivity index (χ3v) is 19.4. The molecule has 0 aliphatic heterocycles. The van der Waals surface area contributed by atoms with Gasteiger partial charge < -0.3 is 20.5 Å². The number of halogens is 2. The Morgan fingerprint density at radius 2 is 1.11 bits per heavy atom. The van der Waals surface area contributed by atoms with Crippen LogP contribution < -0.4 is 15.4 Å². The minimum atomic E-state index is -4.88. The van der Waals surface area contributed by atoms with E-state index < -0.39 is 100 Å². The summed E-state index contributed by atoms with van der Waals surface area (Å²) in [6.07, 6.45) is -0.436. The van der Waals surface area contributed by atoms with E-state index in [0.717, 1.165) is 59.1 Å². The molecule has 0 aliphatic carbocycles. The van der Waals surface area contributed by atoms with Gasteiger partial charge in [0.05, 0.1) is 66.9 Å². The predicted molar refractivity (Wildman–Crippen MR) is 339 cm³/mol. The summed E-state index contributed by atoms with van der Waals surface area (Å²) in [6.45, 7) is 4.98. The Morgan fingerprint density at radius 3 is 1.61 bits per heavy atom. The number of aryl methyl sites for hydroxylation is 1. The number of amides is 2. The second-order valence-corrected chi connectivity index (χ2v) is 29.9. The van der Waals surface area contributed by atoms with Crippen LogP contribution in [0.3, 0.4) is 0 Å². The Balaban J connectivity index is 1.34. The molecule has 0 fully saturated rings. The molecule has 32 nitrogen and oxygen atoms in total. The van der Waals surface area contributed by atoms with Crippen LogP contribution >= 0.6 is 46.7 Å². The number of aromatic hydroxyl groups is 1. The fraction of sp³-hybridized carbons (Fsp3) is 0.255. The predicted octanol–water partition coefficient (Wildman–Crippen LogP) is 12.5. The number of thioether (sulfide) groups is 2. The second-order valence-electron chi connectivity index (χ2n) is 19.3. The number of carbonyl (C=O) groups is 2. The van der Waals surface area contributed by atoms with Gasteiger partial charge in [-0.05, 0) is 111 Å². The molecule has 0 radical (unpaired) electrons. The molecule has 7 aromatic rings. The average Bonchev–Trinajstić information content (AvgIpc) is 1.57. The quantitative estimate of drug-likeness (QED) is 0.0103. The number of azo groups is 4. The standard InChI is InChI=1S/C51H49Cl2N13O19S7/c1-26-16-41(62-65-49-27(2)31(25-54)50-57-40-17-30(91(79,80)81)8-9-44(40)66(50)51(49)69)45(85-10-5-13-88(70,71)72)21-34(26)58-63-42-19-37(56-29(4)68)39(23-46(42)86-11-6-14-89(73,74)75)61-64-43-20-36(55-28(3)67)38(22-47(43)87-12-7-15-90(76,77)78)60-59-35-24-48(92(82,83)84)33(53)18-32(35)52/h8-9,16-24,69H,5-7,10-15H2,1-4H3,(H,55,67)(H,56,68)(H,70,71,72)(H,73,74,75)(H,76,77,78)(H,79,80,81)(H,82,83,84). The number of fused-ring (bicyclic) bond motifs is 3. The first kappa shape index (κ1) is 71.7. The minimum absolute atomic E-state index is 0.0118. The Morgan fingerprint density at radius 1 is 0.609 bits per heavy atom. The monoisotopic (exact) mass is 1440 g/mol. The van der Waals surface area contributed by atoms with Crippen LogP contribution in [0.15, 0.2) is 127 Å². The number of aromatic nitrogens is 2. The molecule has 2 amide bonds. The summed E-state index contributed by atoms with van der Waals surface area (Å²) in [5, 5.41) is 61.0. The molecule has 0 saturated heterocycles. The summed E-state index contributed by atoms with van der Waals surface area (Å²) in [7, 11) is -22.8. The molecular weight excluding hydrogens is 1390 g/mol. The molecule has 0 bridgehead atoms. The maximum Gasteiger partial charge on any atom is 0.296 e. The molecule has 2 heterocycles. The van der Waals surface area contributed by atoms with Crippen LogP contribution in [0.5, 0.6) is 11.6 Å². The number of hydrogen-bond donors (Lipinski definition) is 8. The van der Waals surface area contributed by atoms with Crippen LogP contribution in [-0.4, -0.2) is 127 Å². The highest BCUT2D eigenvalue weighted by atomic mass is 35.5. The molecule has 0 saturated carbocycles. The first-order valence-corrected chi connectivity index (χ1v) is 36.3. The Labute approximate surface area is 542 Å². The van der Waals surface area contributed by atoms with E-state index in [4.69, 9.17) is 27.9 Å². The number of nitriles is 1. The highest BCUT2D eigenvalue weighted by Gasteiger charge is 2.24. The molecule has 5 aromatic carbocycles. The molecule has 92 heavy (non-hydrogen) atoms. The zero-order chi connectivity index (χ0) is 67.8. The van der Waals surface area contributed by atoms with Crippen LogP contribution in [0.4, 0.5) is 56.9 Å². The summed E-state index contributed by atoms with van der Waals surface area (Å²) in [4.78, 5) is 28.9. The number of carbonyl (C=O) groups excluding carboxylic acids is 2. The number of imidazole rings is 1. The van der Waals surface area contributed by atoms with Gasteiger partial charge in [0, 0.05) is 35.3 Å². The van der Waals surface area contributed by atoms with Crippen molar-refractivity contribution in [2.45, 2.75) is 66.5 Å². The SMILES string of the molecule is CC(=O)Nc1cc(N=Nc2cc(SCCCS(=O)(=O)O)c(N=Nc3cc(OCCCS(=O)(=O)O)c(N=Nc4c(C)c(C#N)c5nc6cc(S(=O)(=O)O)ccc6n5c4O)cc3C)cc2NC(C)=O)c(SCCCS(=O)(=O)O)cc1N=Nc1cc(S(=O)(=O)O)c(Cl)cc1Cl. The Bertz CT molecular complexity index is 4910. The second kappa shape index (κ2) is 29.5. The van der Waals surface area contributed by atoms with E-state index in [1.807, 2.05) is 6.07 Å².